The zero-order valence-electron chi connectivity index (χ0n) is 10.4. The number of imide groups is 1. The summed E-state index contributed by atoms with van der Waals surface area (Å²) in [5.41, 5.74) is 0.749. The van der Waals surface area contributed by atoms with Gasteiger partial charge in [0.25, 0.3) is 11.1 Å². The van der Waals surface area contributed by atoms with Crippen LogP contribution in [0.3, 0.4) is 0 Å². The molecule has 2 amide bonds. The normalized spacial score (nSPS) is 17.9. The summed E-state index contributed by atoms with van der Waals surface area (Å²) in [6.45, 7) is 3.60. The molecule has 1 aromatic rings. The summed E-state index contributed by atoms with van der Waals surface area (Å²) in [5.74, 6) is -0.137. The molecule has 2 rings (SSSR count). The molecule has 1 fully saturated rings. The van der Waals surface area contributed by atoms with Crippen LogP contribution in [0.4, 0.5) is 4.79 Å². The van der Waals surface area contributed by atoms with Crippen LogP contribution in [0, 0.1) is 0 Å². The number of carbonyl (C=O) groups is 2. The van der Waals surface area contributed by atoms with E-state index in [2.05, 4.69) is 15.9 Å². The van der Waals surface area contributed by atoms with E-state index in [1.807, 2.05) is 0 Å². The van der Waals surface area contributed by atoms with E-state index in [0.717, 1.165) is 17.3 Å². The average molecular weight is 342 g/mol. The Morgan fingerprint density at radius 2 is 2.05 bits per heavy atom. The van der Waals surface area contributed by atoms with Gasteiger partial charge in [0, 0.05) is 6.04 Å². The van der Waals surface area contributed by atoms with Crippen molar-refractivity contribution in [2.75, 3.05) is 0 Å². The van der Waals surface area contributed by atoms with Crippen LogP contribution in [-0.4, -0.2) is 27.2 Å². The molecule has 4 nitrogen and oxygen atoms in total. The Morgan fingerprint density at radius 1 is 1.37 bits per heavy atom. The fraction of sp³-hybridized carbons (Fsp3) is 0.231. The molecule has 0 atom stereocenters. The van der Waals surface area contributed by atoms with Gasteiger partial charge in [-0.25, -0.2) is 0 Å². The van der Waals surface area contributed by atoms with Gasteiger partial charge in [-0.2, -0.15) is 0 Å². The van der Waals surface area contributed by atoms with Crippen LogP contribution in [0.2, 0.25) is 0 Å². The van der Waals surface area contributed by atoms with Crippen molar-refractivity contribution in [1.29, 1.82) is 0 Å². The van der Waals surface area contributed by atoms with Crippen LogP contribution < -0.4 is 0 Å². The molecule has 0 bridgehead atoms. The lowest BCUT2D eigenvalue weighted by molar-refractivity contribution is -0.123. The third-order valence-electron chi connectivity index (χ3n) is 2.61. The molecule has 1 N–H and O–H groups in total. The Balaban J connectivity index is 2.32. The van der Waals surface area contributed by atoms with E-state index in [-0.39, 0.29) is 22.9 Å². The van der Waals surface area contributed by atoms with E-state index in [4.69, 9.17) is 0 Å². The number of benzene rings is 1. The second-order valence-corrected chi connectivity index (χ2v) is 6.20. The molecule has 1 heterocycles. The molecule has 1 aromatic carbocycles. The third-order valence-corrected chi connectivity index (χ3v) is 4.13. The summed E-state index contributed by atoms with van der Waals surface area (Å²) in [6.07, 6.45) is 1.65. The van der Waals surface area contributed by atoms with Crippen molar-refractivity contribution in [1.82, 2.24) is 4.90 Å². The molecule has 0 radical (unpaired) electrons. The SMILES string of the molecule is CC(C)N1C(=O)S/C(=C\c2ccc(O)c(Br)c2)C1=O. The molecular formula is C13H12BrNO3S. The third kappa shape index (κ3) is 2.84. The molecule has 0 aromatic heterocycles. The summed E-state index contributed by atoms with van der Waals surface area (Å²) in [4.78, 5) is 25.4. The summed E-state index contributed by atoms with van der Waals surface area (Å²) in [5, 5.41) is 9.17. The van der Waals surface area contributed by atoms with Crippen molar-refractivity contribution in [3.05, 3.63) is 33.1 Å². The molecule has 1 aliphatic rings. The number of carbonyl (C=O) groups excluding carboxylic acids is 2. The number of hydrogen-bond donors (Lipinski definition) is 1. The zero-order valence-corrected chi connectivity index (χ0v) is 12.8. The van der Waals surface area contributed by atoms with Crippen molar-refractivity contribution in [3.8, 4) is 5.75 Å². The van der Waals surface area contributed by atoms with Gasteiger partial charge in [0.1, 0.15) is 5.75 Å². The van der Waals surface area contributed by atoms with Gasteiger partial charge < -0.3 is 5.11 Å². The lowest BCUT2D eigenvalue weighted by Crippen LogP contribution is -2.34. The topological polar surface area (TPSA) is 57.6 Å². The smallest absolute Gasteiger partial charge is 0.293 e. The molecule has 6 heteroatoms. The van der Waals surface area contributed by atoms with Crippen LogP contribution in [0.25, 0.3) is 6.08 Å². The van der Waals surface area contributed by atoms with Crippen LogP contribution >= 0.6 is 27.7 Å². The van der Waals surface area contributed by atoms with Crippen LogP contribution in [-0.2, 0) is 4.79 Å². The zero-order chi connectivity index (χ0) is 14.2. The standard InChI is InChI=1S/C13H12BrNO3S/c1-7(2)15-12(17)11(19-13(15)18)6-8-3-4-10(16)9(14)5-8/h3-7,16H,1-2H3/b11-6-. The molecule has 0 unspecified atom stereocenters. The Morgan fingerprint density at radius 3 is 2.58 bits per heavy atom. The number of amides is 2. The molecule has 1 saturated heterocycles. The van der Waals surface area contributed by atoms with Crippen LogP contribution in [0.5, 0.6) is 5.75 Å². The lowest BCUT2D eigenvalue weighted by atomic mass is 10.2. The minimum Gasteiger partial charge on any atom is -0.507 e. The maximum atomic E-state index is 12.1. The first kappa shape index (κ1) is 14.1. The maximum absolute atomic E-state index is 12.1. The van der Waals surface area contributed by atoms with E-state index in [1.165, 1.54) is 11.0 Å². The second-order valence-electron chi connectivity index (χ2n) is 4.36. The highest BCUT2D eigenvalue weighted by Gasteiger charge is 2.36. The Labute approximate surface area is 123 Å². The van der Waals surface area contributed by atoms with E-state index in [0.29, 0.717) is 9.38 Å². The van der Waals surface area contributed by atoms with Crippen molar-refractivity contribution in [2.45, 2.75) is 19.9 Å². The van der Waals surface area contributed by atoms with Gasteiger partial charge in [-0.15, -0.1) is 0 Å². The first-order valence-electron chi connectivity index (χ1n) is 5.65. The monoisotopic (exact) mass is 341 g/mol. The number of rotatable bonds is 2. The summed E-state index contributed by atoms with van der Waals surface area (Å²) < 4.78 is 0.546. The number of nitrogens with zero attached hydrogens (tertiary/aromatic N) is 1. The van der Waals surface area contributed by atoms with Gasteiger partial charge in [0.15, 0.2) is 0 Å². The van der Waals surface area contributed by atoms with Crippen LogP contribution in [0.15, 0.2) is 27.6 Å². The second kappa shape index (κ2) is 5.38. The van der Waals surface area contributed by atoms with Crippen molar-refractivity contribution < 1.29 is 14.7 Å². The minimum atomic E-state index is -0.269. The fourth-order valence-corrected chi connectivity index (χ4v) is 3.05. The number of hydrogen-bond acceptors (Lipinski definition) is 4. The lowest BCUT2D eigenvalue weighted by Gasteiger charge is -2.16. The highest BCUT2D eigenvalue weighted by molar-refractivity contribution is 9.10. The fourth-order valence-electron chi connectivity index (χ4n) is 1.69. The maximum Gasteiger partial charge on any atom is 0.293 e. The Bertz CT molecular complexity index is 583. The van der Waals surface area contributed by atoms with Gasteiger partial charge in [-0.05, 0) is 65.3 Å². The number of halogens is 1. The molecule has 19 heavy (non-hydrogen) atoms. The molecule has 100 valence electrons. The first-order chi connectivity index (χ1) is 8.90. The molecule has 0 aliphatic carbocycles. The van der Waals surface area contributed by atoms with Crippen molar-refractivity contribution >= 4 is 44.9 Å². The van der Waals surface area contributed by atoms with Gasteiger partial charge in [0.2, 0.25) is 0 Å². The minimum absolute atomic E-state index is 0.132. The van der Waals surface area contributed by atoms with Gasteiger partial charge >= 0.3 is 0 Å². The van der Waals surface area contributed by atoms with E-state index >= 15 is 0 Å². The Kier molecular flexibility index (Phi) is 4.01. The van der Waals surface area contributed by atoms with E-state index in [9.17, 15) is 14.7 Å². The summed E-state index contributed by atoms with van der Waals surface area (Å²) in [6, 6.07) is 4.76. The van der Waals surface area contributed by atoms with Crippen molar-refractivity contribution in [3.63, 3.8) is 0 Å². The molecular weight excluding hydrogens is 330 g/mol. The molecule has 0 saturated carbocycles. The first-order valence-corrected chi connectivity index (χ1v) is 7.26. The van der Waals surface area contributed by atoms with Gasteiger partial charge in [0.05, 0.1) is 9.38 Å². The predicted octanol–water partition coefficient (Wildman–Crippen LogP) is 3.60. The van der Waals surface area contributed by atoms with Crippen molar-refractivity contribution in [2.24, 2.45) is 0 Å². The largest absolute Gasteiger partial charge is 0.507 e. The number of aromatic hydroxyl groups is 1. The van der Waals surface area contributed by atoms with Gasteiger partial charge in [-0.3, -0.25) is 14.5 Å². The predicted molar refractivity (Wildman–Crippen MR) is 78.8 cm³/mol. The molecule has 0 spiro atoms. The quantitative estimate of drug-likeness (QED) is 0.835. The van der Waals surface area contributed by atoms with Crippen LogP contribution in [0.1, 0.15) is 19.4 Å². The number of phenols is 1. The molecule has 1 aliphatic heterocycles. The summed E-state index contributed by atoms with van der Waals surface area (Å²) in [7, 11) is 0. The number of phenolic OH excluding ortho intramolecular Hbond substituents is 1. The average Bonchev–Trinajstić information content (AvgIpc) is 2.59. The Hall–Kier alpha value is -1.27. The van der Waals surface area contributed by atoms with E-state index in [1.54, 1.807) is 32.1 Å². The highest BCUT2D eigenvalue weighted by Crippen LogP contribution is 2.34. The highest BCUT2D eigenvalue weighted by atomic mass is 79.9. The summed E-state index contributed by atoms with van der Waals surface area (Å²) >= 11 is 4.14. The van der Waals surface area contributed by atoms with Gasteiger partial charge in [-0.1, -0.05) is 6.07 Å². The number of thioether (sulfide) groups is 1. The van der Waals surface area contributed by atoms with E-state index < -0.39 is 0 Å².